The second-order valence-corrected chi connectivity index (χ2v) is 4.07. The number of hydrogen-bond acceptors (Lipinski definition) is 7. The molecule has 0 N–H and O–H groups in total. The van der Waals surface area contributed by atoms with Crippen molar-refractivity contribution in [3.8, 4) is 5.75 Å². The number of methoxy groups -OCH3 is 3. The summed E-state index contributed by atoms with van der Waals surface area (Å²) in [6, 6.07) is 4.18. The number of esters is 2. The predicted octanol–water partition coefficient (Wildman–Crippen LogP) is 1.11. The van der Waals surface area contributed by atoms with E-state index in [-0.39, 0.29) is 17.9 Å². The van der Waals surface area contributed by atoms with Gasteiger partial charge in [0.1, 0.15) is 0 Å². The Morgan fingerprint density at radius 3 is 2.19 bits per heavy atom. The summed E-state index contributed by atoms with van der Waals surface area (Å²) >= 11 is 0. The van der Waals surface area contributed by atoms with Gasteiger partial charge in [-0.15, -0.1) is 0 Å². The molecule has 0 unspecified atom stereocenters. The lowest BCUT2D eigenvalue weighted by Crippen LogP contribution is -2.28. The summed E-state index contributed by atoms with van der Waals surface area (Å²) in [5, 5.41) is 10.9. The van der Waals surface area contributed by atoms with Crippen molar-refractivity contribution in [2.75, 3.05) is 21.3 Å². The molecule has 0 saturated carbocycles. The predicted molar refractivity (Wildman–Crippen MR) is 70.9 cm³/mol. The van der Waals surface area contributed by atoms with Crippen molar-refractivity contribution in [2.24, 2.45) is 5.92 Å². The van der Waals surface area contributed by atoms with Gasteiger partial charge in [-0.25, -0.2) is 0 Å². The Morgan fingerprint density at radius 2 is 1.76 bits per heavy atom. The molecular formula is C13H15NO7. The van der Waals surface area contributed by atoms with Gasteiger partial charge in [0.25, 0.3) is 0 Å². The summed E-state index contributed by atoms with van der Waals surface area (Å²) in [6.07, 6.45) is -0.0653. The minimum Gasteiger partial charge on any atom is -0.490 e. The third-order valence-corrected chi connectivity index (χ3v) is 2.85. The number of nitro benzene ring substituents is 1. The normalized spacial score (nSPS) is 10.1. The maximum Gasteiger partial charge on any atom is 0.320 e. The van der Waals surface area contributed by atoms with E-state index < -0.39 is 22.8 Å². The topological polar surface area (TPSA) is 105 Å². The van der Waals surface area contributed by atoms with Crippen molar-refractivity contribution in [3.05, 3.63) is 33.9 Å². The number of hydrogen-bond donors (Lipinski definition) is 0. The molecule has 0 aromatic heterocycles. The summed E-state index contributed by atoms with van der Waals surface area (Å²) in [6.45, 7) is 0. The Morgan fingerprint density at radius 1 is 1.19 bits per heavy atom. The molecule has 0 bridgehead atoms. The van der Waals surface area contributed by atoms with Gasteiger partial charge in [0.05, 0.1) is 26.3 Å². The summed E-state index contributed by atoms with van der Waals surface area (Å²) in [4.78, 5) is 33.5. The molecule has 0 aliphatic heterocycles. The molecule has 0 amide bonds. The summed E-state index contributed by atoms with van der Waals surface area (Å²) < 4.78 is 13.9. The first kappa shape index (κ1) is 16.4. The van der Waals surface area contributed by atoms with Crippen LogP contribution in [0.15, 0.2) is 18.2 Å². The lowest BCUT2D eigenvalue weighted by molar-refractivity contribution is -0.385. The molecular weight excluding hydrogens is 282 g/mol. The second-order valence-electron chi connectivity index (χ2n) is 4.07. The first-order valence-electron chi connectivity index (χ1n) is 5.91. The Hall–Kier alpha value is -2.64. The van der Waals surface area contributed by atoms with E-state index in [4.69, 9.17) is 4.74 Å². The van der Waals surface area contributed by atoms with E-state index in [0.717, 1.165) is 14.2 Å². The molecule has 1 rings (SSSR count). The molecule has 0 aliphatic carbocycles. The van der Waals surface area contributed by atoms with Crippen LogP contribution in [0.5, 0.6) is 5.75 Å². The molecule has 1 aromatic rings. The number of rotatable bonds is 6. The van der Waals surface area contributed by atoms with E-state index in [9.17, 15) is 19.7 Å². The van der Waals surface area contributed by atoms with Gasteiger partial charge in [0.15, 0.2) is 11.7 Å². The molecule has 0 saturated heterocycles. The van der Waals surface area contributed by atoms with Crippen LogP contribution in [0.1, 0.15) is 5.56 Å². The molecule has 114 valence electrons. The smallest absolute Gasteiger partial charge is 0.320 e. The number of carbonyl (C=O) groups is 2. The van der Waals surface area contributed by atoms with Crippen LogP contribution in [-0.2, 0) is 25.5 Å². The standard InChI is InChI=1S/C13H15NO7/c1-19-11-5-4-8(7-10(11)14(17)18)6-9(12(15)20-2)13(16)21-3/h4-5,7,9H,6H2,1-3H3. The van der Waals surface area contributed by atoms with E-state index >= 15 is 0 Å². The van der Waals surface area contributed by atoms with Crippen LogP contribution in [0.25, 0.3) is 0 Å². The highest BCUT2D eigenvalue weighted by Gasteiger charge is 2.29. The summed E-state index contributed by atoms with van der Waals surface area (Å²) in [5.74, 6) is -2.61. The molecule has 1 aromatic carbocycles. The Kier molecular flexibility index (Phi) is 5.65. The summed E-state index contributed by atoms with van der Waals surface area (Å²) in [5.41, 5.74) is 0.173. The van der Waals surface area contributed by atoms with E-state index in [1.54, 1.807) is 0 Å². The van der Waals surface area contributed by atoms with E-state index in [1.807, 2.05) is 0 Å². The van der Waals surface area contributed by atoms with E-state index in [1.165, 1.54) is 25.3 Å². The van der Waals surface area contributed by atoms with E-state index in [0.29, 0.717) is 5.56 Å². The Labute approximate surface area is 120 Å². The van der Waals surface area contributed by atoms with Crippen LogP contribution in [0.3, 0.4) is 0 Å². The third kappa shape index (κ3) is 3.91. The minimum absolute atomic E-state index is 0.0653. The Bertz CT molecular complexity index is 539. The van der Waals surface area contributed by atoms with Crippen LogP contribution in [0, 0.1) is 16.0 Å². The maximum absolute atomic E-state index is 11.6. The SMILES string of the molecule is COC(=O)C(Cc1ccc(OC)c([N+](=O)[O-])c1)C(=O)OC. The molecule has 0 fully saturated rings. The van der Waals surface area contributed by atoms with Gasteiger partial charge < -0.3 is 14.2 Å². The fraction of sp³-hybridized carbons (Fsp3) is 0.385. The first-order valence-corrected chi connectivity index (χ1v) is 5.91. The van der Waals surface area contributed by atoms with Gasteiger partial charge in [0, 0.05) is 6.07 Å². The molecule has 0 atom stereocenters. The molecule has 8 heteroatoms. The fourth-order valence-electron chi connectivity index (χ4n) is 1.79. The van der Waals surface area contributed by atoms with Crippen LogP contribution >= 0.6 is 0 Å². The fourth-order valence-corrected chi connectivity index (χ4v) is 1.79. The third-order valence-electron chi connectivity index (χ3n) is 2.85. The zero-order valence-corrected chi connectivity index (χ0v) is 11.8. The second kappa shape index (κ2) is 7.22. The molecule has 0 radical (unpaired) electrons. The van der Waals surface area contributed by atoms with Gasteiger partial charge in [-0.1, -0.05) is 6.07 Å². The maximum atomic E-state index is 11.6. The van der Waals surface area contributed by atoms with Gasteiger partial charge in [-0.2, -0.15) is 0 Å². The highest BCUT2D eigenvalue weighted by atomic mass is 16.6. The minimum atomic E-state index is -1.17. The first-order chi connectivity index (χ1) is 9.94. The largest absolute Gasteiger partial charge is 0.490 e. The van der Waals surface area contributed by atoms with Gasteiger partial charge in [-0.3, -0.25) is 19.7 Å². The van der Waals surface area contributed by atoms with Crippen LogP contribution in [0.4, 0.5) is 5.69 Å². The number of nitro groups is 1. The lowest BCUT2D eigenvalue weighted by Gasteiger charge is -2.12. The quantitative estimate of drug-likeness (QED) is 0.335. The highest BCUT2D eigenvalue weighted by Crippen LogP contribution is 2.28. The van der Waals surface area contributed by atoms with Gasteiger partial charge >= 0.3 is 17.6 Å². The highest BCUT2D eigenvalue weighted by molar-refractivity contribution is 5.95. The summed E-state index contributed by atoms with van der Waals surface area (Å²) in [7, 11) is 3.61. The van der Waals surface area contributed by atoms with Crippen molar-refractivity contribution in [1.82, 2.24) is 0 Å². The number of benzene rings is 1. The van der Waals surface area contributed by atoms with Crippen molar-refractivity contribution in [3.63, 3.8) is 0 Å². The van der Waals surface area contributed by atoms with Gasteiger partial charge in [0.2, 0.25) is 0 Å². The zero-order chi connectivity index (χ0) is 16.0. The van der Waals surface area contributed by atoms with Crippen molar-refractivity contribution in [2.45, 2.75) is 6.42 Å². The van der Waals surface area contributed by atoms with Crippen molar-refractivity contribution < 1.29 is 28.7 Å². The molecule has 21 heavy (non-hydrogen) atoms. The van der Waals surface area contributed by atoms with Crippen molar-refractivity contribution >= 4 is 17.6 Å². The monoisotopic (exact) mass is 297 g/mol. The van der Waals surface area contributed by atoms with Crippen LogP contribution in [0.2, 0.25) is 0 Å². The lowest BCUT2D eigenvalue weighted by atomic mass is 9.99. The number of nitrogens with zero attached hydrogens (tertiary/aromatic N) is 1. The average molecular weight is 297 g/mol. The molecule has 8 nitrogen and oxygen atoms in total. The molecule has 0 aliphatic rings. The van der Waals surface area contributed by atoms with Crippen molar-refractivity contribution in [1.29, 1.82) is 0 Å². The molecule has 0 heterocycles. The average Bonchev–Trinajstić information content (AvgIpc) is 2.50. The van der Waals surface area contributed by atoms with Crippen LogP contribution < -0.4 is 4.74 Å². The zero-order valence-electron chi connectivity index (χ0n) is 11.8. The number of ether oxygens (including phenoxy) is 3. The van der Waals surface area contributed by atoms with Gasteiger partial charge in [-0.05, 0) is 18.1 Å². The van der Waals surface area contributed by atoms with Crippen LogP contribution in [-0.4, -0.2) is 38.2 Å². The Balaban J connectivity index is 3.09. The number of carbonyl (C=O) groups excluding carboxylic acids is 2. The molecule has 0 spiro atoms. The van der Waals surface area contributed by atoms with E-state index in [2.05, 4.69) is 9.47 Å².